The number of aliphatic hydroxyl groups excluding tert-OH is 1. The van der Waals surface area contributed by atoms with Crippen LogP contribution in [0.2, 0.25) is 0 Å². The van der Waals surface area contributed by atoms with Gasteiger partial charge in [-0.15, -0.1) is 0 Å². The highest BCUT2D eigenvalue weighted by Crippen LogP contribution is 2.35. The molecule has 4 heteroatoms. The Morgan fingerprint density at radius 3 is 2.76 bits per heavy atom. The standard InChI is InChI=1S/C13H17NO3/c1-8(2)12-13(16)14(3)10-5-4-9(7-15)6-11(10)17-12/h4-6,8,12,15H,7H2,1-3H3. The van der Waals surface area contributed by atoms with E-state index in [0.717, 1.165) is 11.3 Å². The Morgan fingerprint density at radius 2 is 2.18 bits per heavy atom. The summed E-state index contributed by atoms with van der Waals surface area (Å²) in [6, 6.07) is 5.38. The number of anilines is 1. The third kappa shape index (κ3) is 2.00. The molecule has 0 spiro atoms. The van der Waals surface area contributed by atoms with Gasteiger partial charge in [-0.05, 0) is 23.6 Å². The van der Waals surface area contributed by atoms with E-state index in [1.807, 2.05) is 13.8 Å². The first-order chi connectivity index (χ1) is 8.04. The lowest BCUT2D eigenvalue weighted by atomic mass is 10.0. The van der Waals surface area contributed by atoms with E-state index in [-0.39, 0.29) is 18.4 Å². The zero-order valence-electron chi connectivity index (χ0n) is 10.3. The number of hydrogen-bond donors (Lipinski definition) is 1. The summed E-state index contributed by atoms with van der Waals surface area (Å²) in [7, 11) is 1.75. The minimum absolute atomic E-state index is 0.0238. The molecule has 1 aromatic rings. The smallest absolute Gasteiger partial charge is 0.268 e. The van der Waals surface area contributed by atoms with Gasteiger partial charge in [0.15, 0.2) is 6.10 Å². The van der Waals surface area contributed by atoms with Crippen LogP contribution in [0.1, 0.15) is 19.4 Å². The second-order valence-corrected chi connectivity index (χ2v) is 4.64. The van der Waals surface area contributed by atoms with E-state index in [9.17, 15) is 4.79 Å². The lowest BCUT2D eigenvalue weighted by Gasteiger charge is -2.34. The number of rotatable bonds is 2. The molecule has 1 heterocycles. The van der Waals surface area contributed by atoms with E-state index in [4.69, 9.17) is 9.84 Å². The van der Waals surface area contributed by atoms with Crippen LogP contribution >= 0.6 is 0 Å². The number of amides is 1. The fraction of sp³-hybridized carbons (Fsp3) is 0.462. The molecule has 1 atom stereocenters. The number of carbonyl (C=O) groups excluding carboxylic acids is 1. The highest BCUT2D eigenvalue weighted by Gasteiger charge is 2.34. The average Bonchev–Trinajstić information content (AvgIpc) is 2.32. The van der Waals surface area contributed by atoms with Crippen LogP contribution in [0.3, 0.4) is 0 Å². The van der Waals surface area contributed by atoms with Crippen LogP contribution in [0.5, 0.6) is 5.75 Å². The summed E-state index contributed by atoms with van der Waals surface area (Å²) < 4.78 is 5.72. The van der Waals surface area contributed by atoms with Crippen molar-refractivity contribution in [2.24, 2.45) is 5.92 Å². The van der Waals surface area contributed by atoms with Gasteiger partial charge in [0.05, 0.1) is 12.3 Å². The molecular formula is C13H17NO3. The van der Waals surface area contributed by atoms with Crippen LogP contribution in [-0.4, -0.2) is 24.2 Å². The van der Waals surface area contributed by atoms with Crippen molar-refractivity contribution in [2.75, 3.05) is 11.9 Å². The monoisotopic (exact) mass is 235 g/mol. The summed E-state index contributed by atoms with van der Waals surface area (Å²) in [5.41, 5.74) is 1.54. The Hall–Kier alpha value is -1.55. The molecule has 0 aliphatic carbocycles. The molecule has 1 unspecified atom stereocenters. The van der Waals surface area contributed by atoms with Gasteiger partial charge >= 0.3 is 0 Å². The van der Waals surface area contributed by atoms with E-state index in [0.29, 0.717) is 5.75 Å². The predicted molar refractivity (Wildman–Crippen MR) is 65.0 cm³/mol. The molecule has 1 amide bonds. The van der Waals surface area contributed by atoms with Crippen molar-refractivity contribution in [3.05, 3.63) is 23.8 Å². The van der Waals surface area contributed by atoms with E-state index >= 15 is 0 Å². The first-order valence-electron chi connectivity index (χ1n) is 5.72. The molecular weight excluding hydrogens is 218 g/mol. The van der Waals surface area contributed by atoms with Crippen LogP contribution in [0.15, 0.2) is 18.2 Å². The van der Waals surface area contributed by atoms with Crippen molar-refractivity contribution >= 4 is 11.6 Å². The van der Waals surface area contributed by atoms with Crippen LogP contribution in [-0.2, 0) is 11.4 Å². The number of hydrogen-bond acceptors (Lipinski definition) is 3. The molecule has 1 N–H and O–H groups in total. The molecule has 0 bridgehead atoms. The van der Waals surface area contributed by atoms with Gasteiger partial charge in [0, 0.05) is 7.05 Å². The molecule has 1 aliphatic heterocycles. The van der Waals surface area contributed by atoms with Gasteiger partial charge in [-0.3, -0.25) is 4.79 Å². The lowest BCUT2D eigenvalue weighted by molar-refractivity contribution is -0.127. The average molecular weight is 235 g/mol. The Kier molecular flexibility index (Phi) is 3.07. The first kappa shape index (κ1) is 11.9. The Balaban J connectivity index is 2.42. The summed E-state index contributed by atoms with van der Waals surface area (Å²) in [6.07, 6.45) is -0.443. The van der Waals surface area contributed by atoms with Crippen molar-refractivity contribution in [1.82, 2.24) is 0 Å². The SMILES string of the molecule is CC(C)C1Oc2cc(CO)ccc2N(C)C1=O. The largest absolute Gasteiger partial charge is 0.478 e. The zero-order valence-corrected chi connectivity index (χ0v) is 10.3. The van der Waals surface area contributed by atoms with Crippen molar-refractivity contribution in [3.63, 3.8) is 0 Å². The van der Waals surface area contributed by atoms with E-state index in [1.54, 1.807) is 30.1 Å². The van der Waals surface area contributed by atoms with Gasteiger partial charge < -0.3 is 14.7 Å². The number of carbonyl (C=O) groups is 1. The third-order valence-corrected chi connectivity index (χ3v) is 3.00. The van der Waals surface area contributed by atoms with Gasteiger partial charge in [0.2, 0.25) is 0 Å². The van der Waals surface area contributed by atoms with Crippen molar-refractivity contribution in [2.45, 2.75) is 26.6 Å². The molecule has 0 saturated carbocycles. The summed E-state index contributed by atoms with van der Waals surface area (Å²) in [6.45, 7) is 3.88. The quantitative estimate of drug-likeness (QED) is 0.846. The van der Waals surface area contributed by atoms with E-state index < -0.39 is 6.10 Å². The molecule has 0 fully saturated rings. The number of benzene rings is 1. The van der Waals surface area contributed by atoms with Gasteiger partial charge in [-0.1, -0.05) is 19.9 Å². The van der Waals surface area contributed by atoms with Gasteiger partial charge in [0.1, 0.15) is 5.75 Å². The maximum atomic E-state index is 12.0. The molecule has 4 nitrogen and oxygen atoms in total. The molecule has 92 valence electrons. The van der Waals surface area contributed by atoms with E-state index in [2.05, 4.69) is 0 Å². The Morgan fingerprint density at radius 1 is 1.47 bits per heavy atom. The van der Waals surface area contributed by atoms with Gasteiger partial charge in [0.25, 0.3) is 5.91 Å². The van der Waals surface area contributed by atoms with E-state index in [1.165, 1.54) is 0 Å². The molecule has 1 aliphatic rings. The predicted octanol–water partition coefficient (Wildman–Crippen LogP) is 1.56. The fourth-order valence-electron chi connectivity index (χ4n) is 1.95. The topological polar surface area (TPSA) is 49.8 Å². The van der Waals surface area contributed by atoms with Crippen LogP contribution < -0.4 is 9.64 Å². The molecule has 1 aromatic carbocycles. The number of likely N-dealkylation sites (N-methyl/N-ethyl adjacent to an activating group) is 1. The molecule has 2 rings (SSSR count). The normalized spacial score (nSPS) is 19.2. The number of fused-ring (bicyclic) bond motifs is 1. The Bertz CT molecular complexity index is 442. The van der Waals surface area contributed by atoms with Crippen LogP contribution in [0.4, 0.5) is 5.69 Å². The van der Waals surface area contributed by atoms with Crippen molar-refractivity contribution < 1.29 is 14.6 Å². The van der Waals surface area contributed by atoms with Gasteiger partial charge in [-0.2, -0.15) is 0 Å². The number of nitrogens with zero attached hydrogens (tertiary/aromatic N) is 1. The number of aliphatic hydroxyl groups is 1. The summed E-state index contributed by atoms with van der Waals surface area (Å²) in [4.78, 5) is 13.7. The minimum Gasteiger partial charge on any atom is -0.478 e. The Labute approximate surface area is 101 Å². The van der Waals surface area contributed by atoms with Gasteiger partial charge in [-0.25, -0.2) is 0 Å². The highest BCUT2D eigenvalue weighted by molar-refractivity contribution is 5.99. The molecule has 0 aromatic heterocycles. The second-order valence-electron chi connectivity index (χ2n) is 4.64. The summed E-state index contributed by atoms with van der Waals surface area (Å²) >= 11 is 0. The minimum atomic E-state index is -0.443. The second kappa shape index (κ2) is 4.37. The number of ether oxygens (including phenoxy) is 1. The highest BCUT2D eigenvalue weighted by atomic mass is 16.5. The lowest BCUT2D eigenvalue weighted by Crippen LogP contribution is -2.46. The summed E-state index contributed by atoms with van der Waals surface area (Å²) in [5.74, 6) is 0.762. The maximum Gasteiger partial charge on any atom is 0.268 e. The van der Waals surface area contributed by atoms with Crippen molar-refractivity contribution in [3.8, 4) is 5.75 Å². The molecule has 0 saturated heterocycles. The third-order valence-electron chi connectivity index (χ3n) is 3.00. The molecule has 0 radical (unpaired) electrons. The fourth-order valence-corrected chi connectivity index (χ4v) is 1.95. The first-order valence-corrected chi connectivity index (χ1v) is 5.72. The van der Waals surface area contributed by atoms with Crippen LogP contribution in [0, 0.1) is 5.92 Å². The molecule has 17 heavy (non-hydrogen) atoms. The maximum absolute atomic E-state index is 12.0. The van der Waals surface area contributed by atoms with Crippen LogP contribution in [0.25, 0.3) is 0 Å². The zero-order chi connectivity index (χ0) is 12.6. The van der Waals surface area contributed by atoms with Crippen molar-refractivity contribution in [1.29, 1.82) is 0 Å². The summed E-state index contributed by atoms with van der Waals surface area (Å²) in [5, 5.41) is 9.10.